The number of hydrazone groups is 1. The van der Waals surface area contributed by atoms with E-state index in [4.69, 9.17) is 9.47 Å². The lowest BCUT2D eigenvalue weighted by molar-refractivity contribution is 0.0954. The van der Waals surface area contributed by atoms with Crippen LogP contribution >= 0.6 is 11.3 Å². The Morgan fingerprint density at radius 3 is 2.64 bits per heavy atom. The van der Waals surface area contributed by atoms with Crippen molar-refractivity contribution < 1.29 is 14.3 Å². The minimum absolute atomic E-state index is 0.301. The zero-order chi connectivity index (χ0) is 15.9. The van der Waals surface area contributed by atoms with Gasteiger partial charge in [-0.3, -0.25) is 4.79 Å². The second kappa shape index (κ2) is 7.61. The molecule has 6 heteroatoms. The van der Waals surface area contributed by atoms with Crippen LogP contribution in [0.25, 0.3) is 0 Å². The van der Waals surface area contributed by atoms with Gasteiger partial charge in [0.2, 0.25) is 0 Å². The zero-order valence-electron chi connectivity index (χ0n) is 12.8. The second-order valence-corrected chi connectivity index (χ2v) is 5.63. The van der Waals surface area contributed by atoms with Gasteiger partial charge >= 0.3 is 0 Å². The molecule has 0 aliphatic heterocycles. The molecule has 1 N–H and O–H groups in total. The highest BCUT2D eigenvalue weighted by molar-refractivity contribution is 7.13. The fraction of sp³-hybridized carbons (Fsp3) is 0.250. The van der Waals surface area contributed by atoms with Gasteiger partial charge in [0.05, 0.1) is 20.4 Å². The fourth-order valence-electron chi connectivity index (χ4n) is 1.85. The molecule has 2 rings (SSSR count). The van der Waals surface area contributed by atoms with Crippen LogP contribution in [-0.2, 0) is 6.42 Å². The van der Waals surface area contributed by atoms with Crippen molar-refractivity contribution in [3.63, 3.8) is 0 Å². The molecule has 0 bridgehead atoms. The van der Waals surface area contributed by atoms with Crippen LogP contribution in [0, 0.1) is 0 Å². The number of rotatable bonds is 6. The lowest BCUT2D eigenvalue weighted by atomic mass is 10.2. The number of nitrogens with zero attached hydrogens (tertiary/aromatic N) is 1. The monoisotopic (exact) mass is 318 g/mol. The van der Waals surface area contributed by atoms with Crippen molar-refractivity contribution in [3.05, 3.63) is 45.6 Å². The number of benzene rings is 1. The smallest absolute Gasteiger partial charge is 0.271 e. The first-order valence-corrected chi connectivity index (χ1v) is 7.63. The van der Waals surface area contributed by atoms with Gasteiger partial charge in [0.15, 0.2) is 11.5 Å². The average Bonchev–Trinajstić information content (AvgIpc) is 3.02. The quantitative estimate of drug-likeness (QED) is 0.658. The first-order chi connectivity index (χ1) is 10.7. The van der Waals surface area contributed by atoms with Crippen LogP contribution in [0.15, 0.2) is 35.4 Å². The van der Waals surface area contributed by atoms with E-state index in [2.05, 4.69) is 23.5 Å². The number of methoxy groups -OCH3 is 2. The molecule has 1 amide bonds. The van der Waals surface area contributed by atoms with Crippen LogP contribution in [0.5, 0.6) is 11.5 Å². The van der Waals surface area contributed by atoms with Crippen molar-refractivity contribution in [1.82, 2.24) is 5.43 Å². The number of hydrogen-bond donors (Lipinski definition) is 1. The van der Waals surface area contributed by atoms with E-state index >= 15 is 0 Å². The molecular weight excluding hydrogens is 300 g/mol. The highest BCUT2D eigenvalue weighted by Gasteiger charge is 2.09. The van der Waals surface area contributed by atoms with Gasteiger partial charge in [-0.1, -0.05) is 6.92 Å². The molecule has 5 nitrogen and oxygen atoms in total. The summed E-state index contributed by atoms with van der Waals surface area (Å²) in [6.07, 6.45) is 2.64. The van der Waals surface area contributed by atoms with Crippen LogP contribution < -0.4 is 14.9 Å². The normalized spacial score (nSPS) is 10.7. The van der Waals surface area contributed by atoms with Crippen LogP contribution in [-0.4, -0.2) is 26.3 Å². The van der Waals surface area contributed by atoms with Crippen molar-refractivity contribution in [1.29, 1.82) is 0 Å². The minimum Gasteiger partial charge on any atom is -0.493 e. The Morgan fingerprint density at radius 1 is 1.23 bits per heavy atom. The third kappa shape index (κ3) is 3.85. The Bertz CT molecular complexity index is 680. The largest absolute Gasteiger partial charge is 0.493 e. The summed E-state index contributed by atoms with van der Waals surface area (Å²) in [4.78, 5) is 14.3. The first kappa shape index (κ1) is 16.0. The number of hydrogen-bond acceptors (Lipinski definition) is 5. The van der Waals surface area contributed by atoms with Gasteiger partial charge < -0.3 is 9.47 Å². The molecule has 22 heavy (non-hydrogen) atoms. The summed E-state index contributed by atoms with van der Waals surface area (Å²) in [7, 11) is 3.08. The number of aryl methyl sites for hydroxylation is 1. The Kier molecular flexibility index (Phi) is 5.55. The number of nitrogens with one attached hydrogen (secondary N) is 1. The van der Waals surface area contributed by atoms with Crippen LogP contribution in [0.2, 0.25) is 0 Å². The third-order valence-corrected chi connectivity index (χ3v) is 4.20. The van der Waals surface area contributed by atoms with Crippen molar-refractivity contribution in [2.75, 3.05) is 14.2 Å². The molecule has 0 aliphatic carbocycles. The molecule has 1 aromatic heterocycles. The topological polar surface area (TPSA) is 59.9 Å². The molecule has 0 fully saturated rings. The van der Waals surface area contributed by atoms with E-state index in [1.165, 1.54) is 12.0 Å². The second-order valence-electron chi connectivity index (χ2n) is 4.43. The number of thiophene rings is 1. The molecule has 1 aromatic carbocycles. The van der Waals surface area contributed by atoms with Crippen molar-refractivity contribution in [2.24, 2.45) is 5.10 Å². The minimum atomic E-state index is -0.301. The number of carbonyl (C=O) groups excluding carboxylic acids is 1. The van der Waals surface area contributed by atoms with Gasteiger partial charge in [-0.15, -0.1) is 11.3 Å². The summed E-state index contributed by atoms with van der Waals surface area (Å²) in [5, 5.41) is 3.98. The lowest BCUT2D eigenvalue weighted by Gasteiger charge is -2.08. The molecule has 0 spiro atoms. The lowest BCUT2D eigenvalue weighted by Crippen LogP contribution is -2.17. The van der Waals surface area contributed by atoms with Crippen molar-refractivity contribution in [2.45, 2.75) is 13.3 Å². The number of ether oxygens (including phenoxy) is 2. The molecule has 0 saturated heterocycles. The van der Waals surface area contributed by atoms with Gasteiger partial charge in [-0.25, -0.2) is 5.43 Å². The van der Waals surface area contributed by atoms with Crippen LogP contribution in [0.4, 0.5) is 0 Å². The average molecular weight is 318 g/mol. The predicted octanol–water partition coefficient (Wildman–Crippen LogP) is 3.09. The Labute approximate surface area is 133 Å². The van der Waals surface area contributed by atoms with Gasteiger partial charge in [0.25, 0.3) is 5.91 Å². The van der Waals surface area contributed by atoms with Gasteiger partial charge in [0.1, 0.15) is 0 Å². The van der Waals surface area contributed by atoms with Gasteiger partial charge in [-0.05, 0) is 36.8 Å². The molecule has 0 radical (unpaired) electrons. The van der Waals surface area contributed by atoms with E-state index in [9.17, 15) is 4.79 Å². The van der Waals surface area contributed by atoms with E-state index < -0.39 is 0 Å². The van der Waals surface area contributed by atoms with Gasteiger partial charge in [0, 0.05) is 15.3 Å². The molecule has 116 valence electrons. The molecule has 0 atom stereocenters. The molecule has 2 aromatic rings. The van der Waals surface area contributed by atoms with Crippen LogP contribution in [0.1, 0.15) is 27.0 Å². The Hall–Kier alpha value is -2.34. The fourth-order valence-corrected chi connectivity index (χ4v) is 2.68. The summed E-state index contributed by atoms with van der Waals surface area (Å²) in [6.45, 7) is 2.10. The number of carbonyl (C=O) groups is 1. The third-order valence-electron chi connectivity index (χ3n) is 3.03. The van der Waals surface area contributed by atoms with Gasteiger partial charge in [-0.2, -0.15) is 5.10 Å². The summed E-state index contributed by atoms with van der Waals surface area (Å²) in [5.74, 6) is 0.780. The summed E-state index contributed by atoms with van der Waals surface area (Å²) < 4.78 is 10.3. The maximum atomic E-state index is 12.0. The van der Waals surface area contributed by atoms with Crippen molar-refractivity contribution in [3.8, 4) is 11.5 Å². The maximum absolute atomic E-state index is 12.0. The Morgan fingerprint density at radius 2 is 2.00 bits per heavy atom. The standard InChI is InChI=1S/C16H18N2O3S/c1-4-12-6-7-13(22-12)10-17-18-16(19)11-5-8-14(20-2)15(9-11)21-3/h5-10H,4H2,1-3H3,(H,18,19). The molecule has 0 saturated carbocycles. The zero-order valence-corrected chi connectivity index (χ0v) is 13.6. The van der Waals surface area contributed by atoms with E-state index in [-0.39, 0.29) is 5.91 Å². The molecule has 0 aliphatic rings. The van der Waals surface area contributed by atoms with E-state index in [1.807, 2.05) is 6.07 Å². The Balaban J connectivity index is 2.02. The summed E-state index contributed by atoms with van der Waals surface area (Å²) >= 11 is 1.65. The first-order valence-electron chi connectivity index (χ1n) is 6.82. The van der Waals surface area contributed by atoms with Crippen LogP contribution in [0.3, 0.4) is 0 Å². The highest BCUT2D eigenvalue weighted by Crippen LogP contribution is 2.27. The SMILES string of the molecule is CCc1ccc(C=NNC(=O)c2ccc(OC)c(OC)c2)s1. The van der Waals surface area contributed by atoms with Crippen molar-refractivity contribution >= 4 is 23.5 Å². The molecule has 1 heterocycles. The maximum Gasteiger partial charge on any atom is 0.271 e. The molecular formula is C16H18N2O3S. The van der Waals surface area contributed by atoms with E-state index in [1.54, 1.807) is 42.9 Å². The van der Waals surface area contributed by atoms with E-state index in [0.717, 1.165) is 11.3 Å². The summed E-state index contributed by atoms with van der Waals surface area (Å²) in [6, 6.07) is 9.00. The summed E-state index contributed by atoms with van der Waals surface area (Å²) in [5.41, 5.74) is 2.96. The predicted molar refractivity (Wildman–Crippen MR) is 88.3 cm³/mol. The number of amides is 1. The molecule has 0 unspecified atom stereocenters. The van der Waals surface area contributed by atoms with E-state index in [0.29, 0.717) is 17.1 Å². The highest BCUT2D eigenvalue weighted by atomic mass is 32.1.